The minimum Gasteiger partial charge on any atom is -0.445 e. The van der Waals surface area contributed by atoms with Crippen molar-refractivity contribution in [1.82, 2.24) is 24.8 Å². The molecule has 5 rings (SSSR count). The molecule has 3 aromatic rings. The summed E-state index contributed by atoms with van der Waals surface area (Å²) in [5.41, 5.74) is 1.27. The van der Waals surface area contributed by atoms with Crippen LogP contribution in [0.3, 0.4) is 0 Å². The van der Waals surface area contributed by atoms with E-state index >= 15 is 0 Å². The molecule has 0 radical (unpaired) electrons. The molecule has 12 heteroatoms. The van der Waals surface area contributed by atoms with Gasteiger partial charge in [0.05, 0.1) is 0 Å². The van der Waals surface area contributed by atoms with Crippen LogP contribution in [0.4, 0.5) is 33.1 Å². The molecule has 3 heterocycles. The van der Waals surface area contributed by atoms with E-state index in [1.807, 2.05) is 81.4 Å². The lowest BCUT2D eigenvalue weighted by molar-refractivity contribution is 0.0240. The van der Waals surface area contributed by atoms with Crippen molar-refractivity contribution < 1.29 is 19.1 Å². The Hall–Kier alpha value is -4.61. The van der Waals surface area contributed by atoms with Gasteiger partial charge in [-0.05, 0) is 38.5 Å². The fourth-order valence-corrected chi connectivity index (χ4v) is 4.66. The number of rotatable bonds is 6. The zero-order valence-electron chi connectivity index (χ0n) is 24.4. The van der Waals surface area contributed by atoms with Gasteiger partial charge >= 0.3 is 12.2 Å². The van der Waals surface area contributed by atoms with Gasteiger partial charge < -0.3 is 34.4 Å². The molecule has 2 saturated heterocycles. The van der Waals surface area contributed by atoms with Gasteiger partial charge in [0, 0.05) is 58.0 Å². The number of hydrogen-bond donors (Lipinski definition) is 1. The van der Waals surface area contributed by atoms with Crippen LogP contribution in [0.2, 0.25) is 0 Å². The van der Waals surface area contributed by atoms with Crippen molar-refractivity contribution in [3.05, 3.63) is 66.2 Å². The highest BCUT2D eigenvalue weighted by Crippen LogP contribution is 2.22. The predicted octanol–water partition coefficient (Wildman–Crippen LogP) is 4.13. The Bertz CT molecular complexity index is 1340. The molecule has 0 spiro atoms. The third-order valence-corrected chi connectivity index (χ3v) is 6.88. The van der Waals surface area contributed by atoms with Crippen molar-refractivity contribution in [3.8, 4) is 0 Å². The molecule has 2 aliphatic heterocycles. The van der Waals surface area contributed by atoms with Gasteiger partial charge in [-0.1, -0.05) is 48.5 Å². The summed E-state index contributed by atoms with van der Waals surface area (Å²) in [5.74, 6) is 1.50. The number of carbonyl (C=O) groups is 2. The average Bonchev–Trinajstić information content (AvgIpc) is 3.00. The highest BCUT2D eigenvalue weighted by atomic mass is 16.6. The minimum absolute atomic E-state index is 0.242. The van der Waals surface area contributed by atoms with Crippen molar-refractivity contribution in [2.24, 2.45) is 0 Å². The first-order valence-electron chi connectivity index (χ1n) is 14.3. The van der Waals surface area contributed by atoms with Gasteiger partial charge in [0.25, 0.3) is 0 Å². The van der Waals surface area contributed by atoms with Crippen LogP contribution in [0.25, 0.3) is 0 Å². The minimum atomic E-state index is -0.544. The average molecular weight is 575 g/mol. The number of piperazine rings is 2. The van der Waals surface area contributed by atoms with Crippen LogP contribution in [0.1, 0.15) is 26.3 Å². The highest BCUT2D eigenvalue weighted by Gasteiger charge is 2.29. The van der Waals surface area contributed by atoms with E-state index in [2.05, 4.69) is 15.1 Å². The molecule has 0 unspecified atom stereocenters. The highest BCUT2D eigenvalue weighted by molar-refractivity contribution is 5.69. The Morgan fingerprint density at radius 2 is 1.21 bits per heavy atom. The van der Waals surface area contributed by atoms with Crippen LogP contribution in [0.15, 0.2) is 60.7 Å². The number of hydrogen-bond acceptors (Lipinski definition) is 10. The van der Waals surface area contributed by atoms with Crippen LogP contribution >= 0.6 is 0 Å². The molecular weight excluding hydrogens is 536 g/mol. The standard InChI is InChI=1S/C30H38N8O4/c1-30(2,3)42-29(40)38-20-16-36(17-21-38)27-33-25(31-24-12-8-5-9-13-24)32-26(34-27)35-14-18-37(19-15-35)28(39)41-22-23-10-6-4-7-11-23/h4-13H,14-22H2,1-3H3,(H,31,32,33,34). The van der Waals surface area contributed by atoms with Crippen LogP contribution < -0.4 is 15.1 Å². The maximum absolute atomic E-state index is 12.7. The van der Waals surface area contributed by atoms with Gasteiger partial charge in [0.15, 0.2) is 0 Å². The van der Waals surface area contributed by atoms with Crippen LogP contribution in [-0.4, -0.2) is 94.9 Å². The van der Waals surface area contributed by atoms with Gasteiger partial charge in [0.1, 0.15) is 12.2 Å². The Balaban J connectivity index is 1.25. The summed E-state index contributed by atoms with van der Waals surface area (Å²) in [4.78, 5) is 47.0. The quantitative estimate of drug-likeness (QED) is 0.461. The van der Waals surface area contributed by atoms with E-state index < -0.39 is 5.60 Å². The van der Waals surface area contributed by atoms with E-state index in [-0.39, 0.29) is 18.8 Å². The molecule has 2 amide bonds. The lowest BCUT2D eigenvalue weighted by Gasteiger charge is -2.36. The lowest BCUT2D eigenvalue weighted by Crippen LogP contribution is -2.51. The van der Waals surface area contributed by atoms with E-state index in [0.29, 0.717) is 70.2 Å². The van der Waals surface area contributed by atoms with Crippen molar-refractivity contribution in [2.75, 3.05) is 67.5 Å². The number of nitrogens with zero attached hydrogens (tertiary/aromatic N) is 7. The Labute approximate surface area is 246 Å². The zero-order valence-corrected chi connectivity index (χ0v) is 24.4. The second-order valence-electron chi connectivity index (χ2n) is 11.2. The summed E-state index contributed by atoms with van der Waals surface area (Å²) >= 11 is 0. The van der Waals surface area contributed by atoms with E-state index in [1.54, 1.807) is 9.80 Å². The molecule has 42 heavy (non-hydrogen) atoms. The monoisotopic (exact) mass is 574 g/mol. The lowest BCUT2D eigenvalue weighted by atomic mass is 10.2. The first-order valence-corrected chi connectivity index (χ1v) is 14.3. The summed E-state index contributed by atoms with van der Waals surface area (Å²) in [7, 11) is 0. The number of amides is 2. The normalized spacial score (nSPS) is 15.8. The smallest absolute Gasteiger partial charge is 0.410 e. The fraction of sp³-hybridized carbons (Fsp3) is 0.433. The summed E-state index contributed by atoms with van der Waals surface area (Å²) in [6.07, 6.45) is -0.644. The van der Waals surface area contributed by atoms with Gasteiger partial charge in [-0.15, -0.1) is 0 Å². The summed E-state index contributed by atoms with van der Waals surface area (Å²) in [5, 5.41) is 3.29. The molecule has 12 nitrogen and oxygen atoms in total. The molecule has 0 aliphatic carbocycles. The van der Waals surface area contributed by atoms with E-state index in [1.165, 1.54) is 0 Å². The first kappa shape index (κ1) is 28.9. The number of nitrogens with one attached hydrogen (secondary N) is 1. The van der Waals surface area contributed by atoms with E-state index in [9.17, 15) is 9.59 Å². The van der Waals surface area contributed by atoms with E-state index in [4.69, 9.17) is 24.4 Å². The number of ether oxygens (including phenoxy) is 2. The van der Waals surface area contributed by atoms with Crippen LogP contribution in [-0.2, 0) is 16.1 Å². The Kier molecular flexibility index (Phi) is 8.89. The molecule has 222 valence electrons. The molecule has 1 aromatic heterocycles. The third kappa shape index (κ3) is 7.77. The van der Waals surface area contributed by atoms with Crippen molar-refractivity contribution >= 4 is 35.7 Å². The molecule has 0 atom stereocenters. The molecule has 2 aliphatic rings. The van der Waals surface area contributed by atoms with E-state index in [0.717, 1.165) is 11.3 Å². The molecule has 2 fully saturated rings. The molecule has 1 N–H and O–H groups in total. The maximum atomic E-state index is 12.7. The number of benzene rings is 2. The molecule has 0 bridgehead atoms. The second-order valence-corrected chi connectivity index (χ2v) is 11.2. The Morgan fingerprint density at radius 1 is 0.714 bits per heavy atom. The number of anilines is 4. The number of para-hydroxylation sites is 1. The molecule has 0 saturated carbocycles. The molecular formula is C30H38N8O4. The first-order chi connectivity index (χ1) is 20.2. The topological polar surface area (TPSA) is 116 Å². The predicted molar refractivity (Wildman–Crippen MR) is 160 cm³/mol. The zero-order chi connectivity index (χ0) is 29.5. The SMILES string of the molecule is CC(C)(C)OC(=O)N1CCN(c2nc(Nc3ccccc3)nc(N3CCN(C(=O)OCc4ccccc4)CC3)n2)CC1. The van der Waals surface area contributed by atoms with Crippen molar-refractivity contribution in [2.45, 2.75) is 33.0 Å². The Morgan fingerprint density at radius 3 is 1.74 bits per heavy atom. The maximum Gasteiger partial charge on any atom is 0.410 e. The third-order valence-electron chi connectivity index (χ3n) is 6.88. The van der Waals surface area contributed by atoms with Gasteiger partial charge in [0.2, 0.25) is 17.8 Å². The van der Waals surface area contributed by atoms with Crippen molar-refractivity contribution in [1.29, 1.82) is 0 Å². The molecule has 2 aromatic carbocycles. The summed E-state index contributed by atoms with van der Waals surface area (Å²) in [6.45, 7) is 10.1. The van der Waals surface area contributed by atoms with Crippen LogP contribution in [0.5, 0.6) is 0 Å². The fourth-order valence-electron chi connectivity index (χ4n) is 4.66. The largest absolute Gasteiger partial charge is 0.445 e. The van der Waals surface area contributed by atoms with Crippen molar-refractivity contribution in [3.63, 3.8) is 0 Å². The number of aromatic nitrogens is 3. The van der Waals surface area contributed by atoms with Gasteiger partial charge in [-0.25, -0.2) is 9.59 Å². The van der Waals surface area contributed by atoms with Gasteiger partial charge in [-0.2, -0.15) is 15.0 Å². The second kappa shape index (κ2) is 12.9. The summed E-state index contributed by atoms with van der Waals surface area (Å²) in [6, 6.07) is 19.4. The number of carbonyl (C=O) groups excluding carboxylic acids is 2. The van der Waals surface area contributed by atoms with Crippen LogP contribution in [0, 0.1) is 0 Å². The van der Waals surface area contributed by atoms with Gasteiger partial charge in [-0.3, -0.25) is 0 Å². The summed E-state index contributed by atoms with van der Waals surface area (Å²) < 4.78 is 11.1.